The maximum Gasteiger partial charge on any atom is 0.275 e. The van der Waals surface area contributed by atoms with Gasteiger partial charge < -0.3 is 4.74 Å². The molecule has 1 saturated heterocycles. The summed E-state index contributed by atoms with van der Waals surface area (Å²) < 4.78 is 29.7. The minimum Gasteiger partial charge on any atom is -0.497 e. The second-order valence-electron chi connectivity index (χ2n) is 5.84. The number of hydrogen-bond acceptors (Lipinski definition) is 5. The molecule has 2 aromatic rings. The van der Waals surface area contributed by atoms with Crippen LogP contribution in [0.5, 0.6) is 5.75 Å². The van der Waals surface area contributed by atoms with Crippen LogP contribution in [0.25, 0.3) is 0 Å². The number of nitrogens with one attached hydrogen (secondary N) is 1. The highest BCUT2D eigenvalue weighted by Crippen LogP contribution is 2.22. The van der Waals surface area contributed by atoms with E-state index in [1.54, 1.807) is 38.3 Å². The van der Waals surface area contributed by atoms with Crippen molar-refractivity contribution in [3.8, 4) is 5.75 Å². The zero-order chi connectivity index (χ0) is 17.3. The lowest BCUT2D eigenvalue weighted by Crippen LogP contribution is -2.25. The average molecular weight is 349 g/mol. The normalized spacial score (nSPS) is 19.8. The van der Waals surface area contributed by atoms with E-state index in [4.69, 9.17) is 4.74 Å². The SMILES string of the molecule is COc1ccc(N=Cc2c(C)[nH]n(C3CCS(=O)(=O)C3)c2=O)cc1. The molecule has 1 unspecified atom stereocenters. The van der Waals surface area contributed by atoms with Gasteiger partial charge in [0.1, 0.15) is 5.75 Å². The summed E-state index contributed by atoms with van der Waals surface area (Å²) >= 11 is 0. The number of aliphatic imine (C=N–C) groups is 1. The van der Waals surface area contributed by atoms with Crippen molar-refractivity contribution in [2.24, 2.45) is 4.99 Å². The van der Waals surface area contributed by atoms with Gasteiger partial charge in [-0.05, 0) is 37.6 Å². The lowest BCUT2D eigenvalue weighted by molar-refractivity contribution is 0.415. The van der Waals surface area contributed by atoms with Crippen LogP contribution in [0.1, 0.15) is 23.7 Å². The van der Waals surface area contributed by atoms with Gasteiger partial charge in [-0.1, -0.05) is 0 Å². The molecule has 1 aliphatic heterocycles. The molecule has 1 fully saturated rings. The number of ether oxygens (including phenoxy) is 1. The van der Waals surface area contributed by atoms with E-state index < -0.39 is 9.84 Å². The number of nitrogens with zero attached hydrogens (tertiary/aromatic N) is 2. The number of aromatic nitrogens is 2. The fraction of sp³-hybridized carbons (Fsp3) is 0.375. The Balaban J connectivity index is 1.86. The molecule has 8 heteroatoms. The summed E-state index contributed by atoms with van der Waals surface area (Å²) in [5, 5.41) is 2.98. The second kappa shape index (κ2) is 6.27. The van der Waals surface area contributed by atoms with Gasteiger partial charge in [-0.25, -0.2) is 13.1 Å². The number of methoxy groups -OCH3 is 1. The molecule has 1 aromatic carbocycles. The summed E-state index contributed by atoms with van der Waals surface area (Å²) in [6, 6.07) is 6.83. The molecule has 24 heavy (non-hydrogen) atoms. The molecule has 0 spiro atoms. The monoisotopic (exact) mass is 349 g/mol. The quantitative estimate of drug-likeness (QED) is 0.849. The van der Waals surface area contributed by atoms with E-state index in [9.17, 15) is 13.2 Å². The van der Waals surface area contributed by atoms with Crippen LogP contribution in [-0.4, -0.2) is 43.0 Å². The molecular weight excluding hydrogens is 330 g/mol. The third-order valence-corrected chi connectivity index (χ3v) is 5.88. The van der Waals surface area contributed by atoms with Crippen LogP contribution in [0.2, 0.25) is 0 Å². The number of aryl methyl sites for hydroxylation is 1. The van der Waals surface area contributed by atoms with E-state index in [1.165, 1.54) is 10.9 Å². The summed E-state index contributed by atoms with van der Waals surface area (Å²) in [6.07, 6.45) is 1.97. The van der Waals surface area contributed by atoms with Crippen LogP contribution in [0.3, 0.4) is 0 Å². The van der Waals surface area contributed by atoms with Gasteiger partial charge in [0.25, 0.3) is 5.56 Å². The van der Waals surface area contributed by atoms with Crippen molar-refractivity contribution in [3.63, 3.8) is 0 Å². The fourth-order valence-electron chi connectivity index (χ4n) is 2.78. The maximum atomic E-state index is 12.5. The van der Waals surface area contributed by atoms with Crippen LogP contribution in [-0.2, 0) is 9.84 Å². The van der Waals surface area contributed by atoms with Crippen molar-refractivity contribution in [2.75, 3.05) is 18.6 Å². The van der Waals surface area contributed by atoms with E-state index in [0.29, 0.717) is 23.4 Å². The summed E-state index contributed by atoms with van der Waals surface area (Å²) in [7, 11) is -1.46. The first-order chi connectivity index (χ1) is 11.4. The Kier molecular flexibility index (Phi) is 4.31. The van der Waals surface area contributed by atoms with Crippen molar-refractivity contribution < 1.29 is 13.2 Å². The van der Waals surface area contributed by atoms with E-state index in [1.807, 2.05) is 0 Å². The predicted octanol–water partition coefficient (Wildman–Crippen LogP) is 1.60. The van der Waals surface area contributed by atoms with Gasteiger partial charge in [0, 0.05) is 11.9 Å². The molecular formula is C16H19N3O4S. The van der Waals surface area contributed by atoms with Crippen LogP contribution in [0, 0.1) is 6.92 Å². The van der Waals surface area contributed by atoms with Crippen LogP contribution >= 0.6 is 0 Å². The highest BCUT2D eigenvalue weighted by Gasteiger charge is 2.31. The molecule has 1 aromatic heterocycles. The van der Waals surface area contributed by atoms with Gasteiger partial charge >= 0.3 is 0 Å². The van der Waals surface area contributed by atoms with Gasteiger partial charge in [0.05, 0.1) is 35.9 Å². The molecule has 0 radical (unpaired) electrons. The van der Waals surface area contributed by atoms with Crippen molar-refractivity contribution in [1.82, 2.24) is 9.78 Å². The number of rotatable bonds is 4. The fourth-order valence-corrected chi connectivity index (χ4v) is 4.48. The maximum absolute atomic E-state index is 12.5. The van der Waals surface area contributed by atoms with Crippen LogP contribution in [0.4, 0.5) is 5.69 Å². The second-order valence-corrected chi connectivity index (χ2v) is 8.07. The van der Waals surface area contributed by atoms with E-state index in [-0.39, 0.29) is 23.1 Å². The Morgan fingerprint density at radius 1 is 1.33 bits per heavy atom. The Morgan fingerprint density at radius 2 is 2.04 bits per heavy atom. The number of hydrogen-bond donors (Lipinski definition) is 1. The zero-order valence-corrected chi connectivity index (χ0v) is 14.3. The predicted molar refractivity (Wildman–Crippen MR) is 92.3 cm³/mol. The topological polar surface area (TPSA) is 93.5 Å². The Morgan fingerprint density at radius 3 is 2.62 bits per heavy atom. The first kappa shape index (κ1) is 16.5. The molecule has 1 atom stereocenters. The van der Waals surface area contributed by atoms with Gasteiger partial charge in [-0.15, -0.1) is 0 Å². The van der Waals surface area contributed by atoms with Crippen molar-refractivity contribution in [3.05, 3.63) is 45.9 Å². The molecule has 3 rings (SSSR count). The summed E-state index contributed by atoms with van der Waals surface area (Å²) in [6.45, 7) is 1.77. The molecule has 0 saturated carbocycles. The van der Waals surface area contributed by atoms with Crippen molar-refractivity contribution >= 4 is 21.7 Å². The average Bonchev–Trinajstić information content (AvgIpc) is 3.05. The van der Waals surface area contributed by atoms with E-state index in [0.717, 1.165) is 5.75 Å². The van der Waals surface area contributed by atoms with Gasteiger partial charge in [0.15, 0.2) is 9.84 Å². The van der Waals surface area contributed by atoms with Crippen molar-refractivity contribution in [2.45, 2.75) is 19.4 Å². The van der Waals surface area contributed by atoms with E-state index >= 15 is 0 Å². The largest absolute Gasteiger partial charge is 0.497 e. The van der Waals surface area contributed by atoms with Gasteiger partial charge in [0.2, 0.25) is 0 Å². The Labute approximate surface area is 139 Å². The number of sulfone groups is 1. The highest BCUT2D eigenvalue weighted by molar-refractivity contribution is 7.91. The first-order valence-electron chi connectivity index (χ1n) is 7.59. The number of H-pyrrole nitrogens is 1. The molecule has 0 aliphatic carbocycles. The summed E-state index contributed by atoms with van der Waals surface area (Å²) in [5.41, 5.74) is 1.56. The molecule has 0 bridgehead atoms. The zero-order valence-electron chi connectivity index (χ0n) is 13.5. The smallest absolute Gasteiger partial charge is 0.275 e. The highest BCUT2D eigenvalue weighted by atomic mass is 32.2. The van der Waals surface area contributed by atoms with Gasteiger partial charge in [-0.2, -0.15) is 0 Å². The minimum atomic E-state index is -3.05. The van der Waals surface area contributed by atoms with Gasteiger partial charge in [-0.3, -0.25) is 14.9 Å². The van der Waals surface area contributed by atoms with E-state index in [2.05, 4.69) is 10.1 Å². The standard InChI is InChI=1S/C16H19N3O4S/c1-11-15(9-17-12-3-5-14(23-2)6-4-12)16(20)19(18-11)13-7-8-24(21,22)10-13/h3-6,9,13,18H,7-8,10H2,1-2H3. The lowest BCUT2D eigenvalue weighted by atomic mass is 10.2. The first-order valence-corrected chi connectivity index (χ1v) is 9.41. The summed E-state index contributed by atoms with van der Waals surface area (Å²) in [4.78, 5) is 16.8. The molecule has 128 valence electrons. The van der Waals surface area contributed by atoms with Crippen LogP contribution < -0.4 is 10.3 Å². The molecule has 1 aliphatic rings. The number of benzene rings is 1. The van der Waals surface area contributed by atoms with Crippen molar-refractivity contribution in [1.29, 1.82) is 0 Å². The lowest BCUT2D eigenvalue weighted by Gasteiger charge is -2.07. The Hall–Kier alpha value is -2.35. The number of aromatic amines is 1. The van der Waals surface area contributed by atoms with Crippen LogP contribution in [0.15, 0.2) is 34.1 Å². The minimum absolute atomic E-state index is 0.00191. The molecule has 0 amide bonds. The third kappa shape index (κ3) is 3.28. The molecule has 2 heterocycles. The summed E-state index contributed by atoms with van der Waals surface area (Å²) in [5.74, 6) is 0.857. The molecule has 1 N–H and O–H groups in total. The third-order valence-electron chi connectivity index (χ3n) is 4.13. The Bertz CT molecular complexity index is 923. The molecule has 7 nitrogen and oxygen atoms in total.